The molecule has 0 heterocycles. The van der Waals surface area contributed by atoms with Gasteiger partial charge in [0.2, 0.25) is 0 Å². The summed E-state index contributed by atoms with van der Waals surface area (Å²) in [4.78, 5) is 11.0. The first-order valence-corrected chi connectivity index (χ1v) is 13.0. The molecule has 0 N–H and O–H groups in total. The molecule has 0 saturated heterocycles. The van der Waals surface area contributed by atoms with E-state index < -0.39 is 0 Å². The third-order valence-corrected chi connectivity index (χ3v) is 6.67. The smallest absolute Gasteiger partial charge is 0.330 e. The largest absolute Gasteiger partial charge is 0.494 e. The molecule has 2 aromatic carbocycles. The quantitative estimate of drug-likeness (QED) is 0.160. The maximum absolute atomic E-state index is 11.0. The van der Waals surface area contributed by atoms with E-state index in [1.54, 1.807) is 0 Å². The second-order valence-electron chi connectivity index (χ2n) is 9.28. The Morgan fingerprint density at radius 2 is 1.44 bits per heavy atom. The number of hydrogen-bond donors (Lipinski definition) is 0. The molecular formula is C30H40O4. The fourth-order valence-corrected chi connectivity index (χ4v) is 4.72. The Labute approximate surface area is 205 Å². The lowest BCUT2D eigenvalue weighted by Crippen LogP contribution is -2.13. The molecule has 0 spiro atoms. The molecular weight excluding hydrogens is 424 g/mol. The SMILES string of the molecule is C=CC(=O)OCCCCCCOc1ccc(Oc2ccc(C3CCC(CCC)CC3)cc2)cc1. The molecule has 0 unspecified atom stereocenters. The minimum atomic E-state index is -0.354. The van der Waals surface area contributed by atoms with Gasteiger partial charge in [0.15, 0.2) is 0 Å². The highest BCUT2D eigenvalue weighted by molar-refractivity contribution is 5.81. The third-order valence-electron chi connectivity index (χ3n) is 6.67. The van der Waals surface area contributed by atoms with Crippen LogP contribution in [0.5, 0.6) is 17.2 Å². The van der Waals surface area contributed by atoms with Crippen LogP contribution in [0.2, 0.25) is 0 Å². The van der Waals surface area contributed by atoms with E-state index in [1.807, 2.05) is 24.3 Å². The molecule has 1 fully saturated rings. The molecule has 0 aliphatic heterocycles. The topological polar surface area (TPSA) is 44.8 Å². The fourth-order valence-electron chi connectivity index (χ4n) is 4.72. The molecule has 0 amide bonds. The highest BCUT2D eigenvalue weighted by Gasteiger charge is 2.21. The summed E-state index contributed by atoms with van der Waals surface area (Å²) in [5, 5.41) is 0. The van der Waals surface area contributed by atoms with Crippen molar-refractivity contribution in [2.75, 3.05) is 13.2 Å². The number of rotatable bonds is 14. The number of carbonyl (C=O) groups is 1. The van der Waals surface area contributed by atoms with E-state index in [-0.39, 0.29) is 5.97 Å². The van der Waals surface area contributed by atoms with E-state index in [0.29, 0.717) is 19.1 Å². The second-order valence-corrected chi connectivity index (χ2v) is 9.28. The van der Waals surface area contributed by atoms with Crippen LogP contribution < -0.4 is 9.47 Å². The highest BCUT2D eigenvalue weighted by atomic mass is 16.5. The first kappa shape index (κ1) is 25.9. The van der Waals surface area contributed by atoms with Gasteiger partial charge in [-0.3, -0.25) is 0 Å². The zero-order valence-electron chi connectivity index (χ0n) is 20.7. The van der Waals surface area contributed by atoms with Gasteiger partial charge < -0.3 is 14.2 Å². The number of hydrogen-bond acceptors (Lipinski definition) is 4. The summed E-state index contributed by atoms with van der Waals surface area (Å²) in [5.41, 5.74) is 1.45. The summed E-state index contributed by atoms with van der Waals surface area (Å²) in [5.74, 6) is 3.82. The monoisotopic (exact) mass is 464 g/mol. The van der Waals surface area contributed by atoms with Gasteiger partial charge in [-0.15, -0.1) is 0 Å². The highest BCUT2D eigenvalue weighted by Crippen LogP contribution is 2.38. The van der Waals surface area contributed by atoms with Crippen molar-refractivity contribution < 1.29 is 19.0 Å². The molecule has 1 aliphatic rings. The molecule has 0 radical (unpaired) electrons. The van der Waals surface area contributed by atoms with Crippen molar-refractivity contribution in [1.29, 1.82) is 0 Å². The van der Waals surface area contributed by atoms with Gasteiger partial charge in [0, 0.05) is 6.08 Å². The Morgan fingerprint density at radius 1 is 0.853 bits per heavy atom. The van der Waals surface area contributed by atoms with Crippen molar-refractivity contribution >= 4 is 5.97 Å². The van der Waals surface area contributed by atoms with E-state index in [9.17, 15) is 4.79 Å². The van der Waals surface area contributed by atoms with E-state index in [1.165, 1.54) is 50.2 Å². The Bertz CT molecular complexity index is 848. The lowest BCUT2D eigenvalue weighted by Gasteiger charge is -2.28. The van der Waals surface area contributed by atoms with Crippen LogP contribution in [0, 0.1) is 5.92 Å². The molecule has 2 aromatic rings. The number of benzene rings is 2. The molecule has 4 nitrogen and oxygen atoms in total. The van der Waals surface area contributed by atoms with Crippen LogP contribution in [0.25, 0.3) is 0 Å². The van der Waals surface area contributed by atoms with Crippen LogP contribution in [-0.2, 0) is 9.53 Å². The van der Waals surface area contributed by atoms with Gasteiger partial charge in [-0.2, -0.15) is 0 Å². The van der Waals surface area contributed by atoms with Crippen LogP contribution in [0.15, 0.2) is 61.2 Å². The zero-order chi connectivity index (χ0) is 24.0. The zero-order valence-corrected chi connectivity index (χ0v) is 20.7. The summed E-state index contributed by atoms with van der Waals surface area (Å²) >= 11 is 0. The lowest BCUT2D eigenvalue weighted by molar-refractivity contribution is -0.137. The van der Waals surface area contributed by atoms with Gasteiger partial charge in [-0.05, 0) is 105 Å². The minimum Gasteiger partial charge on any atom is -0.494 e. The maximum Gasteiger partial charge on any atom is 0.330 e. The number of ether oxygens (including phenoxy) is 3. The lowest BCUT2D eigenvalue weighted by atomic mass is 9.77. The van der Waals surface area contributed by atoms with Crippen molar-refractivity contribution in [3.63, 3.8) is 0 Å². The molecule has 34 heavy (non-hydrogen) atoms. The molecule has 0 bridgehead atoms. The number of carbonyl (C=O) groups excluding carboxylic acids is 1. The normalized spacial score (nSPS) is 17.7. The van der Waals surface area contributed by atoms with Gasteiger partial charge >= 0.3 is 5.97 Å². The second kappa shape index (κ2) is 14.5. The van der Waals surface area contributed by atoms with Crippen LogP contribution >= 0.6 is 0 Å². The van der Waals surface area contributed by atoms with Gasteiger partial charge in [-0.1, -0.05) is 38.5 Å². The van der Waals surface area contributed by atoms with Crippen molar-refractivity contribution in [2.24, 2.45) is 5.92 Å². The molecule has 0 aromatic heterocycles. The predicted molar refractivity (Wildman–Crippen MR) is 138 cm³/mol. The van der Waals surface area contributed by atoms with E-state index >= 15 is 0 Å². The Morgan fingerprint density at radius 3 is 2.06 bits per heavy atom. The Balaban J connectivity index is 1.33. The summed E-state index contributed by atoms with van der Waals surface area (Å²) in [6.45, 7) is 6.81. The molecule has 1 aliphatic carbocycles. The van der Waals surface area contributed by atoms with Crippen LogP contribution in [0.3, 0.4) is 0 Å². The fraction of sp³-hybridized carbons (Fsp3) is 0.500. The standard InChI is InChI=1S/C30H40O4/c1-3-9-24-10-12-25(13-11-24)26-14-16-28(17-15-26)34-29-20-18-27(19-21-29)32-22-7-5-6-8-23-33-30(31)4-2/h4,14-21,24-25H,2-3,5-13,22-23H2,1H3. The Hall–Kier alpha value is -2.75. The molecule has 3 rings (SSSR count). The third kappa shape index (κ3) is 8.89. The van der Waals surface area contributed by atoms with Gasteiger partial charge in [0.05, 0.1) is 13.2 Å². The summed E-state index contributed by atoms with van der Waals surface area (Å²) in [6, 6.07) is 16.5. The predicted octanol–water partition coefficient (Wildman–Crippen LogP) is 8.22. The molecule has 1 saturated carbocycles. The molecule has 184 valence electrons. The van der Waals surface area contributed by atoms with Gasteiger partial charge in [-0.25, -0.2) is 4.79 Å². The summed E-state index contributed by atoms with van der Waals surface area (Å²) < 4.78 is 16.8. The average Bonchev–Trinajstić information content (AvgIpc) is 2.87. The summed E-state index contributed by atoms with van der Waals surface area (Å²) in [7, 11) is 0. The van der Waals surface area contributed by atoms with Crippen molar-refractivity contribution in [3.05, 3.63) is 66.7 Å². The maximum atomic E-state index is 11.0. The van der Waals surface area contributed by atoms with Crippen molar-refractivity contribution in [2.45, 2.75) is 77.0 Å². The first-order valence-electron chi connectivity index (χ1n) is 13.0. The average molecular weight is 465 g/mol. The molecule has 4 heteroatoms. The van der Waals surface area contributed by atoms with E-state index in [4.69, 9.17) is 14.2 Å². The van der Waals surface area contributed by atoms with Crippen LogP contribution in [0.1, 0.15) is 82.6 Å². The van der Waals surface area contributed by atoms with Gasteiger partial charge in [0.25, 0.3) is 0 Å². The van der Waals surface area contributed by atoms with Crippen LogP contribution in [-0.4, -0.2) is 19.2 Å². The number of esters is 1. The summed E-state index contributed by atoms with van der Waals surface area (Å²) in [6.07, 6.45) is 13.2. The van der Waals surface area contributed by atoms with E-state index in [2.05, 4.69) is 37.8 Å². The van der Waals surface area contributed by atoms with E-state index in [0.717, 1.165) is 48.8 Å². The Kier molecular flexibility index (Phi) is 11.0. The number of unbranched alkanes of at least 4 members (excludes halogenated alkanes) is 3. The van der Waals surface area contributed by atoms with Crippen molar-refractivity contribution in [1.82, 2.24) is 0 Å². The minimum absolute atomic E-state index is 0.354. The van der Waals surface area contributed by atoms with Gasteiger partial charge in [0.1, 0.15) is 17.2 Å². The van der Waals surface area contributed by atoms with Crippen LogP contribution in [0.4, 0.5) is 0 Å². The van der Waals surface area contributed by atoms with Crippen molar-refractivity contribution in [3.8, 4) is 17.2 Å². The molecule has 0 atom stereocenters. The first-order chi connectivity index (χ1) is 16.7.